The van der Waals surface area contributed by atoms with E-state index in [9.17, 15) is 0 Å². The minimum atomic E-state index is 1.14. The second-order valence-corrected chi connectivity index (χ2v) is 5.64. The predicted molar refractivity (Wildman–Crippen MR) is 98.3 cm³/mol. The van der Waals surface area contributed by atoms with Gasteiger partial charge in [-0.05, 0) is 45.5 Å². The summed E-state index contributed by atoms with van der Waals surface area (Å²) in [5.41, 5.74) is 7.05. The van der Waals surface area contributed by atoms with Gasteiger partial charge < -0.3 is 0 Å². The van der Waals surface area contributed by atoms with Crippen molar-refractivity contribution >= 4 is 0 Å². The van der Waals surface area contributed by atoms with Gasteiger partial charge in [0.25, 0.3) is 0 Å². The first-order valence-electron chi connectivity index (χ1n) is 7.91. The standard InChI is InChI=1S/C22H16N2/c1-3-21(15-23-13-1)19-9-5-17(6-10-19)18-7-11-20(12-8-18)22-4-2-14-24-16-22/h1-16H. The Morgan fingerprint density at radius 3 is 1.00 bits per heavy atom. The summed E-state index contributed by atoms with van der Waals surface area (Å²) in [6.45, 7) is 0. The van der Waals surface area contributed by atoms with Crippen molar-refractivity contribution in [3.63, 3.8) is 0 Å². The maximum atomic E-state index is 4.18. The van der Waals surface area contributed by atoms with Crippen molar-refractivity contribution in [1.82, 2.24) is 9.97 Å². The molecule has 2 aromatic carbocycles. The average Bonchev–Trinajstić information content (AvgIpc) is 2.70. The van der Waals surface area contributed by atoms with E-state index in [1.807, 2.05) is 24.5 Å². The normalized spacial score (nSPS) is 10.5. The Balaban J connectivity index is 1.60. The van der Waals surface area contributed by atoms with Gasteiger partial charge in [-0.15, -0.1) is 0 Å². The van der Waals surface area contributed by atoms with E-state index in [2.05, 4.69) is 70.6 Å². The lowest BCUT2D eigenvalue weighted by Crippen LogP contribution is -1.83. The molecule has 2 aromatic heterocycles. The third-order valence-corrected chi connectivity index (χ3v) is 4.09. The van der Waals surface area contributed by atoms with Crippen LogP contribution < -0.4 is 0 Å². The average molecular weight is 308 g/mol. The van der Waals surface area contributed by atoms with Gasteiger partial charge in [0.15, 0.2) is 0 Å². The van der Waals surface area contributed by atoms with Crippen LogP contribution in [-0.4, -0.2) is 9.97 Å². The molecule has 24 heavy (non-hydrogen) atoms. The first kappa shape index (κ1) is 14.3. The molecule has 2 heteroatoms. The number of pyridine rings is 2. The molecule has 0 radical (unpaired) electrons. The molecule has 0 unspecified atom stereocenters. The zero-order chi connectivity index (χ0) is 16.2. The van der Waals surface area contributed by atoms with E-state index in [1.54, 1.807) is 12.4 Å². The van der Waals surface area contributed by atoms with Crippen LogP contribution in [0.2, 0.25) is 0 Å². The van der Waals surface area contributed by atoms with E-state index in [0.29, 0.717) is 0 Å². The number of hydrogen-bond donors (Lipinski definition) is 0. The summed E-state index contributed by atoms with van der Waals surface area (Å²) in [7, 11) is 0. The van der Waals surface area contributed by atoms with Crippen LogP contribution in [0.25, 0.3) is 33.4 Å². The van der Waals surface area contributed by atoms with Gasteiger partial charge in [0.2, 0.25) is 0 Å². The Hall–Kier alpha value is -3.26. The highest BCUT2D eigenvalue weighted by atomic mass is 14.6. The molecule has 0 saturated carbocycles. The van der Waals surface area contributed by atoms with Crippen LogP contribution in [0.3, 0.4) is 0 Å². The fraction of sp³-hybridized carbons (Fsp3) is 0. The maximum Gasteiger partial charge on any atom is 0.0346 e. The number of nitrogens with zero attached hydrogens (tertiary/aromatic N) is 2. The minimum absolute atomic E-state index is 1.14. The fourth-order valence-corrected chi connectivity index (χ4v) is 2.78. The summed E-state index contributed by atoms with van der Waals surface area (Å²) in [6, 6.07) is 25.2. The topological polar surface area (TPSA) is 25.8 Å². The molecule has 0 atom stereocenters. The van der Waals surface area contributed by atoms with Crippen LogP contribution in [0, 0.1) is 0 Å². The second-order valence-electron chi connectivity index (χ2n) is 5.64. The van der Waals surface area contributed by atoms with Crippen molar-refractivity contribution in [2.45, 2.75) is 0 Å². The second kappa shape index (κ2) is 6.47. The van der Waals surface area contributed by atoms with Crippen molar-refractivity contribution in [1.29, 1.82) is 0 Å². The van der Waals surface area contributed by atoms with E-state index in [0.717, 1.165) is 11.1 Å². The molecule has 2 nitrogen and oxygen atoms in total. The van der Waals surface area contributed by atoms with E-state index in [4.69, 9.17) is 0 Å². The molecule has 114 valence electrons. The van der Waals surface area contributed by atoms with E-state index >= 15 is 0 Å². The third kappa shape index (κ3) is 2.95. The van der Waals surface area contributed by atoms with Gasteiger partial charge in [0.1, 0.15) is 0 Å². The van der Waals surface area contributed by atoms with Crippen molar-refractivity contribution < 1.29 is 0 Å². The van der Waals surface area contributed by atoms with Crippen molar-refractivity contribution in [3.05, 3.63) is 97.6 Å². The highest BCUT2D eigenvalue weighted by Crippen LogP contribution is 2.26. The zero-order valence-electron chi connectivity index (χ0n) is 13.1. The largest absolute Gasteiger partial charge is 0.264 e. The molecule has 2 heterocycles. The van der Waals surface area contributed by atoms with Crippen LogP contribution in [0.1, 0.15) is 0 Å². The quantitative estimate of drug-likeness (QED) is 0.501. The Morgan fingerprint density at radius 1 is 0.375 bits per heavy atom. The van der Waals surface area contributed by atoms with Gasteiger partial charge in [-0.3, -0.25) is 9.97 Å². The summed E-state index contributed by atoms with van der Waals surface area (Å²) in [5.74, 6) is 0. The van der Waals surface area contributed by atoms with Gasteiger partial charge in [-0.2, -0.15) is 0 Å². The minimum Gasteiger partial charge on any atom is -0.264 e. The summed E-state index contributed by atoms with van der Waals surface area (Å²) in [6.07, 6.45) is 7.36. The van der Waals surface area contributed by atoms with Crippen molar-refractivity contribution in [2.75, 3.05) is 0 Å². The molecule has 0 spiro atoms. The Kier molecular flexibility index (Phi) is 3.86. The summed E-state index contributed by atoms with van der Waals surface area (Å²) >= 11 is 0. The number of hydrogen-bond acceptors (Lipinski definition) is 2. The molecule has 0 aliphatic rings. The van der Waals surface area contributed by atoms with Gasteiger partial charge >= 0.3 is 0 Å². The van der Waals surface area contributed by atoms with Crippen LogP contribution in [0.15, 0.2) is 97.6 Å². The molecular weight excluding hydrogens is 292 g/mol. The number of benzene rings is 2. The number of aromatic nitrogens is 2. The highest BCUT2D eigenvalue weighted by Gasteiger charge is 2.02. The van der Waals surface area contributed by atoms with Gasteiger partial charge in [0.05, 0.1) is 0 Å². The highest BCUT2D eigenvalue weighted by molar-refractivity contribution is 5.72. The molecule has 0 N–H and O–H groups in total. The lowest BCUT2D eigenvalue weighted by atomic mass is 9.99. The van der Waals surface area contributed by atoms with Crippen LogP contribution in [0.4, 0.5) is 0 Å². The maximum absolute atomic E-state index is 4.18. The Morgan fingerprint density at radius 2 is 0.708 bits per heavy atom. The van der Waals surface area contributed by atoms with E-state index in [-0.39, 0.29) is 0 Å². The Labute approximate surface area is 141 Å². The lowest BCUT2D eigenvalue weighted by molar-refractivity contribution is 1.33. The van der Waals surface area contributed by atoms with Gasteiger partial charge in [0, 0.05) is 24.8 Å². The lowest BCUT2D eigenvalue weighted by Gasteiger charge is -2.06. The third-order valence-electron chi connectivity index (χ3n) is 4.09. The van der Waals surface area contributed by atoms with E-state index < -0.39 is 0 Å². The molecule has 0 amide bonds. The molecule has 0 bridgehead atoms. The Bertz CT molecular complexity index is 832. The summed E-state index contributed by atoms with van der Waals surface area (Å²) in [5, 5.41) is 0. The molecule has 0 aliphatic carbocycles. The SMILES string of the molecule is c1cncc(-c2ccc(-c3ccc(-c4cccnc4)cc3)cc2)c1. The monoisotopic (exact) mass is 308 g/mol. The van der Waals surface area contributed by atoms with Gasteiger partial charge in [-0.25, -0.2) is 0 Å². The summed E-state index contributed by atoms with van der Waals surface area (Å²) in [4.78, 5) is 8.35. The molecule has 4 aromatic rings. The van der Waals surface area contributed by atoms with Crippen LogP contribution >= 0.6 is 0 Å². The van der Waals surface area contributed by atoms with E-state index in [1.165, 1.54) is 22.3 Å². The zero-order valence-corrected chi connectivity index (χ0v) is 13.1. The molecule has 0 fully saturated rings. The molecule has 0 saturated heterocycles. The first-order valence-corrected chi connectivity index (χ1v) is 7.91. The van der Waals surface area contributed by atoms with Gasteiger partial charge in [-0.1, -0.05) is 60.7 Å². The van der Waals surface area contributed by atoms with Crippen LogP contribution in [-0.2, 0) is 0 Å². The fourth-order valence-electron chi connectivity index (χ4n) is 2.78. The summed E-state index contributed by atoms with van der Waals surface area (Å²) < 4.78 is 0. The van der Waals surface area contributed by atoms with Crippen LogP contribution in [0.5, 0.6) is 0 Å². The smallest absolute Gasteiger partial charge is 0.0346 e. The molecule has 4 rings (SSSR count). The first-order chi connectivity index (χ1) is 11.9. The van der Waals surface area contributed by atoms with Crippen molar-refractivity contribution in [2.24, 2.45) is 0 Å². The predicted octanol–water partition coefficient (Wildman–Crippen LogP) is 5.48. The molecular formula is C22H16N2. The molecule has 0 aliphatic heterocycles. The number of rotatable bonds is 3. The van der Waals surface area contributed by atoms with Crippen molar-refractivity contribution in [3.8, 4) is 33.4 Å².